The summed E-state index contributed by atoms with van der Waals surface area (Å²) in [4.78, 5) is 4.14. The molecule has 0 amide bonds. The molecule has 19 heavy (non-hydrogen) atoms. The van der Waals surface area contributed by atoms with E-state index in [0.717, 1.165) is 50.0 Å². The molecular weight excluding hydrogens is 244 g/mol. The number of hydrogen-bond acceptors (Lipinski definition) is 4. The van der Waals surface area contributed by atoms with Crippen molar-refractivity contribution in [1.29, 1.82) is 0 Å². The summed E-state index contributed by atoms with van der Waals surface area (Å²) < 4.78 is 10.5. The predicted octanol–water partition coefficient (Wildman–Crippen LogP) is 1.33. The summed E-state index contributed by atoms with van der Waals surface area (Å²) >= 11 is 0. The van der Waals surface area contributed by atoms with Crippen LogP contribution in [0.15, 0.2) is 15.6 Å². The Balaban J connectivity index is 2.21. The highest BCUT2D eigenvalue weighted by Crippen LogP contribution is 2.03. The van der Waals surface area contributed by atoms with E-state index in [0.29, 0.717) is 6.54 Å². The molecule has 1 rings (SSSR count). The molecule has 0 unspecified atom stereocenters. The molecule has 1 aromatic heterocycles. The van der Waals surface area contributed by atoms with Crippen LogP contribution < -0.4 is 10.6 Å². The van der Waals surface area contributed by atoms with Gasteiger partial charge >= 0.3 is 0 Å². The molecule has 0 aromatic carbocycles. The van der Waals surface area contributed by atoms with Gasteiger partial charge in [0.25, 0.3) is 0 Å². The predicted molar refractivity (Wildman–Crippen MR) is 75.2 cm³/mol. The third-order valence-electron chi connectivity index (χ3n) is 2.59. The van der Waals surface area contributed by atoms with Gasteiger partial charge in [0.15, 0.2) is 11.7 Å². The zero-order chi connectivity index (χ0) is 13.9. The molecule has 0 aliphatic carbocycles. The van der Waals surface area contributed by atoms with Crippen LogP contribution in [-0.4, -0.2) is 37.9 Å². The highest BCUT2D eigenvalue weighted by atomic mass is 16.5. The van der Waals surface area contributed by atoms with E-state index in [4.69, 9.17) is 9.26 Å². The number of aliphatic imine (C=N–C) groups is 1. The fourth-order valence-electron chi connectivity index (χ4n) is 1.52. The van der Waals surface area contributed by atoms with Crippen LogP contribution in [0.25, 0.3) is 0 Å². The van der Waals surface area contributed by atoms with Gasteiger partial charge in [-0.2, -0.15) is 0 Å². The third kappa shape index (κ3) is 6.24. The Morgan fingerprint density at radius 1 is 1.42 bits per heavy atom. The summed E-state index contributed by atoms with van der Waals surface area (Å²) in [5.41, 5.74) is 0.969. The Kier molecular flexibility index (Phi) is 7.65. The maximum atomic E-state index is 5.27. The molecule has 6 nitrogen and oxygen atoms in total. The van der Waals surface area contributed by atoms with Crippen molar-refractivity contribution in [2.45, 2.75) is 33.2 Å². The third-order valence-corrected chi connectivity index (χ3v) is 2.59. The molecule has 1 heterocycles. The van der Waals surface area contributed by atoms with Gasteiger partial charge in [-0.05, 0) is 19.8 Å². The van der Waals surface area contributed by atoms with E-state index in [-0.39, 0.29) is 0 Å². The normalized spacial score (nSPS) is 11.6. The van der Waals surface area contributed by atoms with E-state index in [2.05, 4.69) is 20.8 Å². The van der Waals surface area contributed by atoms with Crippen molar-refractivity contribution in [3.63, 3.8) is 0 Å². The lowest BCUT2D eigenvalue weighted by Crippen LogP contribution is -2.37. The van der Waals surface area contributed by atoms with Crippen molar-refractivity contribution in [2.75, 3.05) is 26.8 Å². The van der Waals surface area contributed by atoms with E-state index >= 15 is 0 Å². The van der Waals surface area contributed by atoms with Gasteiger partial charge in [-0.3, -0.25) is 4.99 Å². The van der Waals surface area contributed by atoms with Gasteiger partial charge in [-0.15, -0.1) is 0 Å². The summed E-state index contributed by atoms with van der Waals surface area (Å²) in [7, 11) is 1.75. The quantitative estimate of drug-likeness (QED) is 0.423. The molecule has 0 fully saturated rings. The molecule has 0 bridgehead atoms. The highest BCUT2D eigenvalue weighted by molar-refractivity contribution is 5.79. The van der Waals surface area contributed by atoms with E-state index in [1.165, 1.54) is 0 Å². The van der Waals surface area contributed by atoms with Crippen LogP contribution in [0.1, 0.15) is 31.7 Å². The van der Waals surface area contributed by atoms with E-state index in [1.54, 1.807) is 7.05 Å². The van der Waals surface area contributed by atoms with Gasteiger partial charge in [0.1, 0.15) is 0 Å². The van der Waals surface area contributed by atoms with Crippen LogP contribution in [0.2, 0.25) is 0 Å². The monoisotopic (exact) mass is 268 g/mol. The Morgan fingerprint density at radius 2 is 2.26 bits per heavy atom. The van der Waals surface area contributed by atoms with Crippen molar-refractivity contribution in [3.05, 3.63) is 17.5 Å². The van der Waals surface area contributed by atoms with Crippen LogP contribution >= 0.6 is 0 Å². The summed E-state index contributed by atoms with van der Waals surface area (Å²) in [6, 6.07) is 1.95. The first-order chi connectivity index (χ1) is 9.30. The van der Waals surface area contributed by atoms with E-state index in [1.807, 2.05) is 19.9 Å². The fourth-order valence-corrected chi connectivity index (χ4v) is 1.52. The second-order valence-corrected chi connectivity index (χ2v) is 4.04. The van der Waals surface area contributed by atoms with Crippen molar-refractivity contribution in [2.24, 2.45) is 4.99 Å². The lowest BCUT2D eigenvalue weighted by Gasteiger charge is -2.10. The van der Waals surface area contributed by atoms with Crippen molar-refractivity contribution in [1.82, 2.24) is 15.8 Å². The second kappa shape index (κ2) is 9.38. The molecule has 6 heteroatoms. The highest BCUT2D eigenvalue weighted by Gasteiger charge is 2.03. The number of nitrogens with one attached hydrogen (secondary N) is 2. The maximum Gasteiger partial charge on any atom is 0.191 e. The topological polar surface area (TPSA) is 71.7 Å². The standard InChI is InChI=1S/C13H24N4O2/c1-4-11-9-12(19-17-11)10-16-13(14-3)15-7-6-8-18-5-2/h9H,4-8,10H2,1-3H3,(H2,14,15,16). The zero-order valence-corrected chi connectivity index (χ0v) is 12.0. The minimum atomic E-state index is 0.581. The Labute approximate surface area is 114 Å². The number of ether oxygens (including phenoxy) is 1. The van der Waals surface area contributed by atoms with E-state index < -0.39 is 0 Å². The fraction of sp³-hybridized carbons (Fsp3) is 0.692. The molecule has 0 aliphatic heterocycles. The Morgan fingerprint density at radius 3 is 2.89 bits per heavy atom. The number of aromatic nitrogens is 1. The number of hydrogen-bond donors (Lipinski definition) is 2. The minimum Gasteiger partial charge on any atom is -0.382 e. The first-order valence-electron chi connectivity index (χ1n) is 6.76. The number of rotatable bonds is 8. The summed E-state index contributed by atoms with van der Waals surface area (Å²) in [5.74, 6) is 1.57. The smallest absolute Gasteiger partial charge is 0.191 e. The van der Waals surface area contributed by atoms with Crippen LogP contribution in [0, 0.1) is 0 Å². The molecule has 108 valence electrons. The molecule has 1 aromatic rings. The van der Waals surface area contributed by atoms with Gasteiger partial charge < -0.3 is 19.9 Å². The summed E-state index contributed by atoms with van der Waals surface area (Å²) in [5, 5.41) is 10.3. The number of nitrogens with zero attached hydrogens (tertiary/aromatic N) is 2. The second-order valence-electron chi connectivity index (χ2n) is 4.04. The minimum absolute atomic E-state index is 0.581. The van der Waals surface area contributed by atoms with Crippen LogP contribution in [0.3, 0.4) is 0 Å². The lowest BCUT2D eigenvalue weighted by atomic mass is 10.3. The van der Waals surface area contributed by atoms with Crippen molar-refractivity contribution >= 4 is 5.96 Å². The zero-order valence-electron chi connectivity index (χ0n) is 12.0. The molecule has 0 aliphatic rings. The van der Waals surface area contributed by atoms with Crippen molar-refractivity contribution in [3.8, 4) is 0 Å². The Hall–Kier alpha value is -1.56. The first kappa shape index (κ1) is 15.5. The van der Waals surface area contributed by atoms with Crippen molar-refractivity contribution < 1.29 is 9.26 Å². The molecule has 0 saturated carbocycles. The number of aryl methyl sites for hydroxylation is 1. The average Bonchev–Trinajstić information content (AvgIpc) is 2.90. The molecule has 0 spiro atoms. The van der Waals surface area contributed by atoms with Gasteiger partial charge in [-0.1, -0.05) is 12.1 Å². The molecule has 0 atom stereocenters. The molecular formula is C13H24N4O2. The SMILES string of the molecule is CCOCCCNC(=NC)NCc1cc(CC)no1. The number of guanidine groups is 1. The van der Waals surface area contributed by atoms with Gasteiger partial charge in [0.05, 0.1) is 12.2 Å². The average molecular weight is 268 g/mol. The van der Waals surface area contributed by atoms with Gasteiger partial charge in [0.2, 0.25) is 0 Å². The largest absolute Gasteiger partial charge is 0.382 e. The molecule has 0 radical (unpaired) electrons. The molecule has 2 N–H and O–H groups in total. The van der Waals surface area contributed by atoms with E-state index in [9.17, 15) is 0 Å². The van der Waals surface area contributed by atoms with Gasteiger partial charge in [-0.25, -0.2) is 0 Å². The summed E-state index contributed by atoms with van der Waals surface area (Å²) in [6.07, 6.45) is 1.84. The van der Waals surface area contributed by atoms with Crippen LogP contribution in [-0.2, 0) is 17.7 Å². The van der Waals surface area contributed by atoms with Crippen LogP contribution in [0.4, 0.5) is 0 Å². The molecule has 0 saturated heterocycles. The van der Waals surface area contributed by atoms with Gasteiger partial charge in [0, 0.05) is 32.9 Å². The summed E-state index contributed by atoms with van der Waals surface area (Å²) in [6.45, 7) is 6.99. The maximum absolute atomic E-state index is 5.27. The lowest BCUT2D eigenvalue weighted by molar-refractivity contribution is 0.145. The first-order valence-corrected chi connectivity index (χ1v) is 6.76. The Bertz CT molecular complexity index is 376. The van der Waals surface area contributed by atoms with Crippen LogP contribution in [0.5, 0.6) is 0 Å².